The summed E-state index contributed by atoms with van der Waals surface area (Å²) in [6.45, 7) is 3.28. The predicted molar refractivity (Wildman–Crippen MR) is 123 cm³/mol. The van der Waals surface area contributed by atoms with E-state index in [4.69, 9.17) is 9.47 Å². The van der Waals surface area contributed by atoms with Gasteiger partial charge in [-0.05, 0) is 57.4 Å². The van der Waals surface area contributed by atoms with Crippen molar-refractivity contribution in [2.24, 2.45) is 5.92 Å². The first-order chi connectivity index (χ1) is 16.5. The smallest absolute Gasteiger partial charge is 0.416 e. The Morgan fingerprint density at radius 3 is 2.69 bits per heavy atom. The van der Waals surface area contributed by atoms with Gasteiger partial charge in [0, 0.05) is 24.3 Å². The highest BCUT2D eigenvalue weighted by molar-refractivity contribution is 5.69. The average molecular weight is 499 g/mol. The third-order valence-electron chi connectivity index (χ3n) is 5.39. The Morgan fingerprint density at radius 2 is 2.00 bits per heavy atom. The minimum Gasteiger partial charge on any atom is -0.491 e. The van der Waals surface area contributed by atoms with Crippen LogP contribution in [0, 0.1) is 5.92 Å². The highest BCUT2D eigenvalue weighted by Gasteiger charge is 2.36. The Hall–Kier alpha value is -2.58. The van der Waals surface area contributed by atoms with E-state index in [9.17, 15) is 33.3 Å². The van der Waals surface area contributed by atoms with Gasteiger partial charge in [-0.15, -0.1) is 5.73 Å². The first kappa shape index (κ1) is 28.7. The molecule has 1 aliphatic rings. The van der Waals surface area contributed by atoms with Crippen molar-refractivity contribution in [2.45, 2.75) is 76.5 Å². The lowest BCUT2D eigenvalue weighted by atomic mass is 9.96. The van der Waals surface area contributed by atoms with E-state index in [1.165, 1.54) is 18.2 Å². The number of benzene rings is 1. The molecule has 0 radical (unpaired) electrons. The summed E-state index contributed by atoms with van der Waals surface area (Å²) in [6.07, 6.45) is -0.249. The molecular formula is C26H33F3O6. The van der Waals surface area contributed by atoms with Crippen LogP contribution in [-0.2, 0) is 15.7 Å². The van der Waals surface area contributed by atoms with Gasteiger partial charge in [-0.25, -0.2) is 0 Å². The number of carbonyl (C=O) groups excluding carboxylic acids is 1. The average Bonchev–Trinajstić information content (AvgIpc) is 3.04. The van der Waals surface area contributed by atoms with Crippen LogP contribution in [0.1, 0.15) is 51.5 Å². The summed E-state index contributed by atoms with van der Waals surface area (Å²) in [5.74, 6) is -0.662. The minimum atomic E-state index is -4.50. The topological polar surface area (TPSA) is 96.2 Å². The third kappa shape index (κ3) is 9.90. The molecule has 0 aromatic heterocycles. The van der Waals surface area contributed by atoms with Crippen molar-refractivity contribution in [2.75, 3.05) is 6.61 Å². The fraction of sp³-hybridized carbons (Fsp3) is 0.538. The zero-order chi connectivity index (χ0) is 26.0. The lowest BCUT2D eigenvalue weighted by Gasteiger charge is -2.13. The zero-order valence-electron chi connectivity index (χ0n) is 19.9. The van der Waals surface area contributed by atoms with Gasteiger partial charge in [0.25, 0.3) is 0 Å². The summed E-state index contributed by atoms with van der Waals surface area (Å²) in [4.78, 5) is 11.5. The van der Waals surface area contributed by atoms with Crippen molar-refractivity contribution < 1.29 is 42.8 Å². The number of ether oxygens (including phenoxy) is 2. The molecule has 3 N–H and O–H groups in total. The van der Waals surface area contributed by atoms with Gasteiger partial charge in [0.05, 0.1) is 23.9 Å². The summed E-state index contributed by atoms with van der Waals surface area (Å²) < 4.78 is 48.7. The Bertz CT molecular complexity index is 918. The molecule has 2 rings (SSSR count). The maximum Gasteiger partial charge on any atom is 0.416 e. The number of halogens is 3. The van der Waals surface area contributed by atoms with E-state index in [0.717, 1.165) is 12.1 Å². The van der Waals surface area contributed by atoms with Crippen molar-refractivity contribution in [1.82, 2.24) is 0 Å². The van der Waals surface area contributed by atoms with E-state index in [0.29, 0.717) is 31.3 Å². The Kier molecular flexibility index (Phi) is 11.0. The monoisotopic (exact) mass is 498 g/mol. The summed E-state index contributed by atoms with van der Waals surface area (Å²) in [5.41, 5.74) is 2.44. The van der Waals surface area contributed by atoms with E-state index in [-0.39, 0.29) is 36.8 Å². The Labute approximate surface area is 203 Å². The molecule has 1 aliphatic carbocycles. The van der Waals surface area contributed by atoms with Crippen molar-refractivity contribution in [3.8, 4) is 5.75 Å². The van der Waals surface area contributed by atoms with Gasteiger partial charge in [0.15, 0.2) is 0 Å². The van der Waals surface area contributed by atoms with E-state index >= 15 is 0 Å². The standard InChI is InChI=1S/C26H33F3O6/c1-17(2)35-25(33)11-6-4-3-5-10-21-22(24(32)15-23(21)31)13-12-19(30)16-34-20-9-7-8-18(14-20)26(27,28)29/h3,5,7-9,12,14,17,19,21,23-24,30-32H,4,6,10-11,15-16H2,1-2H3/b5-3-/t13?,19-,21-,23+,24-/m1/s1. The van der Waals surface area contributed by atoms with Gasteiger partial charge >= 0.3 is 12.1 Å². The van der Waals surface area contributed by atoms with E-state index in [2.05, 4.69) is 5.73 Å². The van der Waals surface area contributed by atoms with Gasteiger partial charge in [0.2, 0.25) is 0 Å². The zero-order valence-corrected chi connectivity index (χ0v) is 19.9. The lowest BCUT2D eigenvalue weighted by Crippen LogP contribution is -2.16. The number of esters is 1. The molecule has 0 unspecified atom stereocenters. The molecule has 0 spiro atoms. The molecular weight excluding hydrogens is 465 g/mol. The van der Waals surface area contributed by atoms with Crippen molar-refractivity contribution >= 4 is 5.97 Å². The number of aliphatic hydroxyl groups is 3. The fourth-order valence-electron chi connectivity index (χ4n) is 3.69. The number of allylic oxidation sites excluding steroid dienone is 2. The highest BCUT2D eigenvalue weighted by atomic mass is 19.4. The predicted octanol–water partition coefficient (Wildman–Crippen LogP) is 4.34. The number of unbranched alkanes of at least 4 members (excludes halogenated alkanes) is 1. The van der Waals surface area contributed by atoms with Crippen LogP contribution in [0.25, 0.3) is 0 Å². The molecule has 9 heteroatoms. The van der Waals surface area contributed by atoms with Crippen molar-refractivity contribution in [1.29, 1.82) is 0 Å². The SMILES string of the molecule is CC(C)OC(=O)CCC/C=C\C[C@@H]1C(=C=C[C@@H](O)COc2cccc(C(F)(F)F)c2)[C@H](O)C[C@@H]1O. The molecule has 1 aromatic rings. The summed E-state index contributed by atoms with van der Waals surface area (Å²) in [5, 5.41) is 30.7. The van der Waals surface area contributed by atoms with Crippen LogP contribution in [0.2, 0.25) is 0 Å². The number of alkyl halides is 3. The molecule has 0 amide bonds. The van der Waals surface area contributed by atoms with Crippen LogP contribution < -0.4 is 4.74 Å². The second-order valence-corrected chi connectivity index (χ2v) is 8.73. The van der Waals surface area contributed by atoms with Crippen molar-refractivity contribution in [3.05, 3.63) is 59.4 Å². The van der Waals surface area contributed by atoms with E-state index in [1.807, 2.05) is 12.2 Å². The molecule has 1 aromatic carbocycles. The van der Waals surface area contributed by atoms with E-state index < -0.39 is 30.1 Å². The number of rotatable bonds is 11. The molecule has 0 heterocycles. The van der Waals surface area contributed by atoms with Crippen LogP contribution in [0.4, 0.5) is 13.2 Å². The van der Waals surface area contributed by atoms with Crippen LogP contribution in [0.3, 0.4) is 0 Å². The molecule has 1 fully saturated rings. The maximum atomic E-state index is 12.8. The second kappa shape index (κ2) is 13.5. The third-order valence-corrected chi connectivity index (χ3v) is 5.39. The van der Waals surface area contributed by atoms with Crippen LogP contribution in [0.5, 0.6) is 5.75 Å². The summed E-state index contributed by atoms with van der Waals surface area (Å²) in [6, 6.07) is 4.35. The van der Waals surface area contributed by atoms with Gasteiger partial charge in [0.1, 0.15) is 18.5 Å². The maximum absolute atomic E-state index is 12.8. The molecule has 0 bridgehead atoms. The van der Waals surface area contributed by atoms with Crippen molar-refractivity contribution in [3.63, 3.8) is 0 Å². The van der Waals surface area contributed by atoms with Crippen LogP contribution in [-0.4, -0.2) is 52.3 Å². The van der Waals surface area contributed by atoms with Gasteiger partial charge in [-0.2, -0.15) is 13.2 Å². The number of aliphatic hydroxyl groups excluding tert-OH is 3. The molecule has 0 saturated heterocycles. The number of hydrogen-bond acceptors (Lipinski definition) is 6. The van der Waals surface area contributed by atoms with Gasteiger partial charge < -0.3 is 24.8 Å². The first-order valence-electron chi connectivity index (χ1n) is 11.6. The lowest BCUT2D eigenvalue weighted by molar-refractivity contribution is -0.147. The molecule has 6 nitrogen and oxygen atoms in total. The first-order valence-corrected chi connectivity index (χ1v) is 11.6. The van der Waals surface area contributed by atoms with E-state index in [1.54, 1.807) is 13.8 Å². The molecule has 4 atom stereocenters. The second-order valence-electron chi connectivity index (χ2n) is 8.73. The number of carbonyl (C=O) groups is 1. The Morgan fingerprint density at radius 1 is 1.26 bits per heavy atom. The molecule has 1 saturated carbocycles. The molecule has 194 valence electrons. The highest BCUT2D eigenvalue weighted by Crippen LogP contribution is 2.34. The minimum absolute atomic E-state index is 0.0308. The normalized spacial score (nSPS) is 21.3. The summed E-state index contributed by atoms with van der Waals surface area (Å²) in [7, 11) is 0. The quantitative estimate of drug-likeness (QED) is 0.182. The largest absolute Gasteiger partial charge is 0.491 e. The molecule has 35 heavy (non-hydrogen) atoms. The van der Waals surface area contributed by atoms with Crippen LogP contribution in [0.15, 0.2) is 53.8 Å². The van der Waals surface area contributed by atoms with Crippen LogP contribution >= 0.6 is 0 Å². The van der Waals surface area contributed by atoms with Gasteiger partial charge in [-0.3, -0.25) is 4.79 Å². The number of hydrogen-bond donors (Lipinski definition) is 3. The van der Waals surface area contributed by atoms with Gasteiger partial charge in [-0.1, -0.05) is 18.2 Å². The Balaban J connectivity index is 1.90. The summed E-state index contributed by atoms with van der Waals surface area (Å²) >= 11 is 0. The fourth-order valence-corrected chi connectivity index (χ4v) is 3.69. The molecule has 0 aliphatic heterocycles.